The van der Waals surface area contributed by atoms with Crippen molar-refractivity contribution in [2.75, 3.05) is 20.4 Å². The average Bonchev–Trinajstić information content (AvgIpc) is 3.29. The Labute approximate surface area is 141 Å². The first kappa shape index (κ1) is 15.5. The molecule has 128 valence electrons. The Bertz CT molecular complexity index is 715. The van der Waals surface area contributed by atoms with Crippen LogP contribution >= 0.6 is 0 Å². The van der Waals surface area contributed by atoms with E-state index in [1.807, 2.05) is 31.1 Å². The molecule has 0 unspecified atom stereocenters. The zero-order valence-corrected chi connectivity index (χ0v) is 14.1. The molecule has 6 heteroatoms. The van der Waals surface area contributed by atoms with Crippen LogP contribution in [-0.2, 0) is 24.8 Å². The predicted molar refractivity (Wildman–Crippen MR) is 89.1 cm³/mol. The first-order chi connectivity index (χ1) is 11.7. The van der Waals surface area contributed by atoms with Crippen molar-refractivity contribution in [3.8, 4) is 11.5 Å². The van der Waals surface area contributed by atoms with Crippen molar-refractivity contribution < 1.29 is 14.2 Å². The average molecular weight is 329 g/mol. The molecule has 0 radical (unpaired) electrons. The quantitative estimate of drug-likeness (QED) is 0.839. The van der Waals surface area contributed by atoms with Crippen LogP contribution in [0.25, 0.3) is 0 Å². The molecule has 0 saturated carbocycles. The first-order valence-corrected chi connectivity index (χ1v) is 8.36. The Kier molecular flexibility index (Phi) is 4.16. The number of rotatable bonds is 5. The van der Waals surface area contributed by atoms with Gasteiger partial charge >= 0.3 is 0 Å². The van der Waals surface area contributed by atoms with E-state index in [0.717, 1.165) is 37.4 Å². The van der Waals surface area contributed by atoms with E-state index in [2.05, 4.69) is 28.3 Å². The fraction of sp³-hybridized carbons (Fsp3) is 0.500. The highest BCUT2D eigenvalue weighted by Crippen LogP contribution is 2.34. The zero-order valence-electron chi connectivity index (χ0n) is 14.1. The summed E-state index contributed by atoms with van der Waals surface area (Å²) in [5.74, 6) is 1.68. The molecule has 6 nitrogen and oxygen atoms in total. The molecule has 1 fully saturated rings. The second-order valence-corrected chi connectivity index (χ2v) is 6.51. The van der Waals surface area contributed by atoms with E-state index in [4.69, 9.17) is 14.2 Å². The van der Waals surface area contributed by atoms with Gasteiger partial charge in [0.05, 0.1) is 12.3 Å². The molecule has 24 heavy (non-hydrogen) atoms. The molecule has 0 aliphatic carbocycles. The minimum atomic E-state index is 0.263. The van der Waals surface area contributed by atoms with Crippen LogP contribution in [0.5, 0.6) is 11.5 Å². The van der Waals surface area contributed by atoms with Crippen LogP contribution in [-0.4, -0.2) is 47.3 Å². The van der Waals surface area contributed by atoms with Crippen molar-refractivity contribution in [1.82, 2.24) is 14.7 Å². The smallest absolute Gasteiger partial charge is 0.231 e. The summed E-state index contributed by atoms with van der Waals surface area (Å²) in [7, 11) is 3.77. The van der Waals surface area contributed by atoms with Crippen molar-refractivity contribution in [3.63, 3.8) is 0 Å². The predicted octanol–water partition coefficient (Wildman–Crippen LogP) is 1.98. The number of methoxy groups -OCH3 is 1. The Morgan fingerprint density at radius 3 is 2.92 bits per heavy atom. The molecule has 0 spiro atoms. The van der Waals surface area contributed by atoms with Crippen LogP contribution in [0.4, 0.5) is 0 Å². The Balaban J connectivity index is 1.50. The van der Waals surface area contributed by atoms with E-state index in [0.29, 0.717) is 12.8 Å². The summed E-state index contributed by atoms with van der Waals surface area (Å²) >= 11 is 0. The van der Waals surface area contributed by atoms with Crippen LogP contribution in [0.15, 0.2) is 30.6 Å². The number of hydrogen-bond donors (Lipinski definition) is 0. The SMILES string of the molecule is CO[C@@H]1CCN(Cc2ccc3c(c2)OCO3)[C@@H]1Cc1cnn(C)c1. The van der Waals surface area contributed by atoms with Gasteiger partial charge in [-0.3, -0.25) is 9.58 Å². The summed E-state index contributed by atoms with van der Waals surface area (Å²) in [6.07, 6.45) is 6.32. The summed E-state index contributed by atoms with van der Waals surface area (Å²) in [5, 5.41) is 4.28. The highest BCUT2D eigenvalue weighted by Gasteiger charge is 2.34. The molecule has 0 bridgehead atoms. The number of likely N-dealkylation sites (tertiary alicyclic amines) is 1. The fourth-order valence-electron chi connectivity index (χ4n) is 3.71. The fourth-order valence-corrected chi connectivity index (χ4v) is 3.71. The normalized spacial score (nSPS) is 23.1. The highest BCUT2D eigenvalue weighted by atomic mass is 16.7. The molecule has 0 amide bonds. The molecule has 3 heterocycles. The lowest BCUT2D eigenvalue weighted by Crippen LogP contribution is -2.37. The van der Waals surface area contributed by atoms with E-state index in [-0.39, 0.29) is 6.10 Å². The third kappa shape index (κ3) is 2.99. The number of nitrogens with zero attached hydrogens (tertiary/aromatic N) is 3. The molecule has 2 atom stereocenters. The molecule has 2 aromatic rings. The minimum absolute atomic E-state index is 0.263. The van der Waals surface area contributed by atoms with Gasteiger partial charge in [-0.2, -0.15) is 5.10 Å². The maximum Gasteiger partial charge on any atom is 0.231 e. The number of ether oxygens (including phenoxy) is 3. The highest BCUT2D eigenvalue weighted by molar-refractivity contribution is 5.44. The van der Waals surface area contributed by atoms with Gasteiger partial charge in [-0.05, 0) is 36.1 Å². The van der Waals surface area contributed by atoms with Gasteiger partial charge in [0.1, 0.15) is 0 Å². The topological polar surface area (TPSA) is 48.8 Å². The first-order valence-electron chi connectivity index (χ1n) is 8.36. The van der Waals surface area contributed by atoms with Crippen molar-refractivity contribution in [2.24, 2.45) is 7.05 Å². The molecule has 1 aromatic carbocycles. The van der Waals surface area contributed by atoms with Crippen molar-refractivity contribution in [3.05, 3.63) is 41.7 Å². The van der Waals surface area contributed by atoms with Crippen LogP contribution < -0.4 is 9.47 Å². The summed E-state index contributed by atoms with van der Waals surface area (Å²) in [4.78, 5) is 2.50. The number of hydrogen-bond acceptors (Lipinski definition) is 5. The lowest BCUT2D eigenvalue weighted by Gasteiger charge is -2.27. The summed E-state index contributed by atoms with van der Waals surface area (Å²) < 4.78 is 18.5. The largest absolute Gasteiger partial charge is 0.454 e. The van der Waals surface area contributed by atoms with Gasteiger partial charge in [-0.15, -0.1) is 0 Å². The van der Waals surface area contributed by atoms with Crippen LogP contribution in [0.3, 0.4) is 0 Å². The van der Waals surface area contributed by atoms with Gasteiger partial charge in [0.15, 0.2) is 11.5 Å². The second kappa shape index (κ2) is 6.45. The second-order valence-electron chi connectivity index (χ2n) is 6.51. The molecular weight excluding hydrogens is 306 g/mol. The monoisotopic (exact) mass is 329 g/mol. The minimum Gasteiger partial charge on any atom is -0.454 e. The number of aromatic nitrogens is 2. The van der Waals surface area contributed by atoms with Crippen LogP contribution in [0.1, 0.15) is 17.5 Å². The van der Waals surface area contributed by atoms with Crippen molar-refractivity contribution in [2.45, 2.75) is 31.5 Å². The summed E-state index contributed by atoms with van der Waals surface area (Å²) in [6, 6.07) is 6.57. The van der Waals surface area contributed by atoms with E-state index in [1.54, 1.807) is 0 Å². The molecule has 0 N–H and O–H groups in total. The van der Waals surface area contributed by atoms with Gasteiger partial charge in [0.25, 0.3) is 0 Å². The van der Waals surface area contributed by atoms with E-state index in [9.17, 15) is 0 Å². The maximum atomic E-state index is 5.73. The molecular formula is C18H23N3O3. The molecule has 2 aliphatic rings. The van der Waals surface area contributed by atoms with Crippen LogP contribution in [0.2, 0.25) is 0 Å². The van der Waals surface area contributed by atoms with E-state index in [1.165, 1.54) is 11.1 Å². The molecule has 2 aliphatic heterocycles. The van der Waals surface area contributed by atoms with E-state index >= 15 is 0 Å². The Morgan fingerprint density at radius 1 is 1.25 bits per heavy atom. The zero-order chi connectivity index (χ0) is 16.5. The lowest BCUT2D eigenvalue weighted by molar-refractivity contribution is 0.0638. The molecule has 4 rings (SSSR count). The number of fused-ring (bicyclic) bond motifs is 1. The summed E-state index contributed by atoms with van der Waals surface area (Å²) in [5.41, 5.74) is 2.49. The van der Waals surface area contributed by atoms with Gasteiger partial charge in [0, 0.05) is 39.5 Å². The van der Waals surface area contributed by atoms with Gasteiger partial charge in [0.2, 0.25) is 6.79 Å². The number of aryl methyl sites for hydroxylation is 1. The third-order valence-corrected chi connectivity index (χ3v) is 4.93. The Morgan fingerprint density at radius 2 is 2.12 bits per heavy atom. The van der Waals surface area contributed by atoms with Crippen LogP contribution in [0, 0.1) is 0 Å². The van der Waals surface area contributed by atoms with Gasteiger partial charge < -0.3 is 14.2 Å². The third-order valence-electron chi connectivity index (χ3n) is 4.93. The number of benzene rings is 1. The van der Waals surface area contributed by atoms with Crippen molar-refractivity contribution in [1.29, 1.82) is 0 Å². The molecule has 1 saturated heterocycles. The van der Waals surface area contributed by atoms with Gasteiger partial charge in [-0.1, -0.05) is 6.07 Å². The lowest BCUT2D eigenvalue weighted by atomic mass is 10.0. The van der Waals surface area contributed by atoms with E-state index < -0.39 is 0 Å². The molecule has 1 aromatic heterocycles. The van der Waals surface area contributed by atoms with Gasteiger partial charge in [-0.25, -0.2) is 0 Å². The standard InChI is InChI=1S/C18H23N3O3/c1-20-10-14(9-19-20)7-15-16(22-2)5-6-21(15)11-13-3-4-17-18(8-13)24-12-23-17/h3-4,8-10,15-16H,5-7,11-12H2,1-2H3/t15-,16-/m1/s1. The summed E-state index contributed by atoms with van der Waals surface area (Å²) in [6.45, 7) is 2.25. The van der Waals surface area contributed by atoms with Crippen molar-refractivity contribution >= 4 is 0 Å². The Hall–Kier alpha value is -2.05. The maximum absolute atomic E-state index is 5.73.